The molecule has 2 aliphatic carbocycles. The van der Waals surface area contributed by atoms with Crippen molar-refractivity contribution >= 4 is 17.8 Å². The highest BCUT2D eigenvalue weighted by molar-refractivity contribution is 5.96. The molecule has 0 radical (unpaired) electrons. The number of aliphatic carboxylic acids is 1. The summed E-state index contributed by atoms with van der Waals surface area (Å²) in [5.74, 6) is -2.74. The van der Waals surface area contributed by atoms with Gasteiger partial charge in [-0.1, -0.05) is 24.5 Å². The molecule has 2 fully saturated rings. The Bertz CT molecular complexity index is 842. The van der Waals surface area contributed by atoms with Gasteiger partial charge in [-0.15, -0.1) is 0 Å². The van der Waals surface area contributed by atoms with Crippen LogP contribution in [0.15, 0.2) is 35.4 Å². The maximum absolute atomic E-state index is 12.8. The van der Waals surface area contributed by atoms with Crippen LogP contribution in [-0.2, 0) is 9.59 Å². The number of unbranched alkanes of at least 4 members (excludes halogenated alkanes) is 1. The second-order valence-electron chi connectivity index (χ2n) is 8.31. The van der Waals surface area contributed by atoms with Gasteiger partial charge in [-0.3, -0.25) is 25.2 Å². The van der Waals surface area contributed by atoms with Gasteiger partial charge in [0.1, 0.15) is 5.75 Å². The van der Waals surface area contributed by atoms with Crippen molar-refractivity contribution in [2.45, 2.75) is 46.5 Å². The van der Waals surface area contributed by atoms with E-state index in [1.807, 2.05) is 13.8 Å². The van der Waals surface area contributed by atoms with E-state index in [1.54, 1.807) is 24.3 Å². The van der Waals surface area contributed by atoms with E-state index in [2.05, 4.69) is 17.8 Å². The van der Waals surface area contributed by atoms with Crippen LogP contribution in [0.4, 0.5) is 0 Å². The first-order valence-corrected chi connectivity index (χ1v) is 10.6. The average molecular weight is 415 g/mol. The topological polar surface area (TPSA) is 105 Å². The van der Waals surface area contributed by atoms with Gasteiger partial charge in [0.25, 0.3) is 5.91 Å². The van der Waals surface area contributed by atoms with Gasteiger partial charge in [0.05, 0.1) is 18.4 Å². The zero-order valence-electron chi connectivity index (χ0n) is 17.7. The molecule has 1 aromatic rings. The molecule has 0 aromatic heterocycles. The highest BCUT2D eigenvalue weighted by Gasteiger charge is 2.57. The standard InChI is InChI=1S/C23H30N2O5/c1-4-5-12-30-15-8-6-14(7-9-15)21(26)24-25-22(27)19-16-10-11-17(18(16)13(2)3)20(19)23(28)29/h6-9,16-17,19-20H,4-5,10-12H2,1-3H3,(H,24,26)(H,25,27)(H,28,29)/t16-,17+,19-,20+/m1/s1. The lowest BCUT2D eigenvalue weighted by Crippen LogP contribution is -2.48. The van der Waals surface area contributed by atoms with Crippen molar-refractivity contribution in [3.8, 4) is 5.75 Å². The Labute approximate surface area is 176 Å². The molecule has 3 N–H and O–H groups in total. The summed E-state index contributed by atoms with van der Waals surface area (Å²) in [5, 5.41) is 9.71. The number of carbonyl (C=O) groups is 3. The smallest absolute Gasteiger partial charge is 0.307 e. The Morgan fingerprint density at radius 3 is 2.23 bits per heavy atom. The third-order valence-electron chi connectivity index (χ3n) is 6.19. The Morgan fingerprint density at radius 1 is 1.03 bits per heavy atom. The number of carbonyl (C=O) groups excluding carboxylic acids is 2. The molecule has 0 aliphatic heterocycles. The number of hydrogen-bond donors (Lipinski definition) is 3. The van der Waals surface area contributed by atoms with Crippen molar-refractivity contribution in [3.63, 3.8) is 0 Å². The number of ether oxygens (including phenoxy) is 1. The second kappa shape index (κ2) is 9.32. The quantitative estimate of drug-likeness (QED) is 0.361. The van der Waals surface area contributed by atoms with Gasteiger partial charge < -0.3 is 9.84 Å². The van der Waals surface area contributed by atoms with Crippen LogP contribution in [-0.4, -0.2) is 29.5 Å². The Hall–Kier alpha value is -2.83. The molecule has 1 aromatic carbocycles. The normalized spacial score (nSPS) is 24.4. The Kier molecular flexibility index (Phi) is 6.80. The lowest BCUT2D eigenvalue weighted by Gasteiger charge is -2.26. The molecule has 0 saturated heterocycles. The average Bonchev–Trinajstić information content (AvgIpc) is 3.29. The molecule has 30 heavy (non-hydrogen) atoms. The minimum Gasteiger partial charge on any atom is -0.494 e. The SMILES string of the molecule is CCCCOc1ccc(C(=O)NNC(=O)[C@H]2[C@@H](C(=O)O)[C@H]3CC[C@@H]2C3=C(C)C)cc1. The lowest BCUT2D eigenvalue weighted by molar-refractivity contribution is -0.149. The number of rotatable bonds is 7. The summed E-state index contributed by atoms with van der Waals surface area (Å²) in [5.41, 5.74) is 7.45. The Balaban J connectivity index is 1.61. The van der Waals surface area contributed by atoms with Gasteiger partial charge in [0.2, 0.25) is 5.91 Å². The van der Waals surface area contributed by atoms with Crippen molar-refractivity contribution < 1.29 is 24.2 Å². The summed E-state index contributed by atoms with van der Waals surface area (Å²) in [6.07, 6.45) is 3.61. The number of hydrogen-bond acceptors (Lipinski definition) is 4. The molecular weight excluding hydrogens is 384 g/mol. The molecule has 2 bridgehead atoms. The van der Waals surface area contributed by atoms with Gasteiger partial charge in [0.15, 0.2) is 0 Å². The number of carboxylic acids is 1. The second-order valence-corrected chi connectivity index (χ2v) is 8.31. The molecule has 2 saturated carbocycles. The van der Waals surface area contributed by atoms with E-state index in [1.165, 1.54) is 0 Å². The third-order valence-corrected chi connectivity index (χ3v) is 6.19. The number of amides is 2. The Morgan fingerprint density at radius 2 is 1.67 bits per heavy atom. The number of allylic oxidation sites excluding steroid dienone is 2. The fourth-order valence-electron chi connectivity index (χ4n) is 4.92. The van der Waals surface area contributed by atoms with E-state index in [9.17, 15) is 19.5 Å². The van der Waals surface area contributed by atoms with Gasteiger partial charge in [-0.2, -0.15) is 0 Å². The molecule has 4 atom stereocenters. The van der Waals surface area contributed by atoms with E-state index in [4.69, 9.17) is 4.74 Å². The minimum absolute atomic E-state index is 0.0717. The summed E-state index contributed by atoms with van der Waals surface area (Å²) >= 11 is 0. The molecule has 2 aliphatic rings. The van der Waals surface area contributed by atoms with Crippen LogP contribution in [0.3, 0.4) is 0 Å². The van der Waals surface area contributed by atoms with E-state index in [0.717, 1.165) is 36.8 Å². The summed E-state index contributed by atoms with van der Waals surface area (Å²) in [6.45, 7) is 6.65. The molecule has 3 rings (SSSR count). The number of fused-ring (bicyclic) bond motifs is 2. The van der Waals surface area contributed by atoms with E-state index >= 15 is 0 Å². The van der Waals surface area contributed by atoms with Crippen LogP contribution in [0.5, 0.6) is 5.75 Å². The van der Waals surface area contributed by atoms with Crippen molar-refractivity contribution in [3.05, 3.63) is 41.0 Å². The van der Waals surface area contributed by atoms with E-state index in [0.29, 0.717) is 17.9 Å². The number of benzene rings is 1. The van der Waals surface area contributed by atoms with Crippen molar-refractivity contribution in [2.24, 2.45) is 23.7 Å². The lowest BCUT2D eigenvalue weighted by atomic mass is 9.79. The fourth-order valence-corrected chi connectivity index (χ4v) is 4.92. The van der Waals surface area contributed by atoms with Crippen LogP contribution in [0, 0.1) is 23.7 Å². The van der Waals surface area contributed by atoms with Crippen molar-refractivity contribution in [1.82, 2.24) is 10.9 Å². The van der Waals surface area contributed by atoms with E-state index in [-0.39, 0.29) is 11.8 Å². The minimum atomic E-state index is -0.953. The first-order valence-electron chi connectivity index (χ1n) is 10.6. The highest BCUT2D eigenvalue weighted by Crippen LogP contribution is 2.57. The summed E-state index contributed by atoms with van der Waals surface area (Å²) in [4.78, 5) is 37.1. The predicted molar refractivity (Wildman–Crippen MR) is 112 cm³/mol. The van der Waals surface area contributed by atoms with Gasteiger partial charge in [-0.25, -0.2) is 0 Å². The molecule has 0 heterocycles. The first-order chi connectivity index (χ1) is 14.3. The molecule has 0 spiro atoms. The monoisotopic (exact) mass is 414 g/mol. The number of hydrazine groups is 1. The van der Waals surface area contributed by atoms with Gasteiger partial charge in [-0.05, 0) is 69.2 Å². The van der Waals surface area contributed by atoms with Crippen LogP contribution < -0.4 is 15.6 Å². The predicted octanol–water partition coefficient (Wildman–Crippen LogP) is 3.32. The molecule has 7 heteroatoms. The van der Waals surface area contributed by atoms with E-state index < -0.39 is 29.6 Å². The van der Waals surface area contributed by atoms with Crippen LogP contribution in [0.1, 0.15) is 56.8 Å². The van der Waals surface area contributed by atoms with Crippen molar-refractivity contribution in [2.75, 3.05) is 6.61 Å². The first kappa shape index (κ1) is 21.9. The zero-order chi connectivity index (χ0) is 21.8. The van der Waals surface area contributed by atoms with Crippen LogP contribution >= 0.6 is 0 Å². The number of carboxylic acid groups (broad SMARTS) is 1. The van der Waals surface area contributed by atoms with Gasteiger partial charge in [0, 0.05) is 5.56 Å². The number of nitrogens with one attached hydrogen (secondary N) is 2. The maximum Gasteiger partial charge on any atom is 0.307 e. The van der Waals surface area contributed by atoms with Crippen LogP contribution in [0.2, 0.25) is 0 Å². The van der Waals surface area contributed by atoms with Crippen molar-refractivity contribution in [1.29, 1.82) is 0 Å². The third kappa shape index (κ3) is 4.35. The summed E-state index contributed by atoms with van der Waals surface area (Å²) in [7, 11) is 0. The summed E-state index contributed by atoms with van der Waals surface area (Å²) in [6, 6.07) is 6.68. The fraction of sp³-hybridized carbons (Fsp3) is 0.522. The molecule has 7 nitrogen and oxygen atoms in total. The zero-order valence-corrected chi connectivity index (χ0v) is 17.7. The summed E-state index contributed by atoms with van der Waals surface area (Å²) < 4.78 is 5.58. The maximum atomic E-state index is 12.8. The van der Waals surface area contributed by atoms with Gasteiger partial charge >= 0.3 is 5.97 Å². The molecule has 2 amide bonds. The highest BCUT2D eigenvalue weighted by atomic mass is 16.5. The molecular formula is C23H30N2O5. The largest absolute Gasteiger partial charge is 0.494 e. The molecule has 162 valence electrons. The molecule has 0 unspecified atom stereocenters. The van der Waals surface area contributed by atoms with Crippen LogP contribution in [0.25, 0.3) is 0 Å².